The second kappa shape index (κ2) is 12.0. The Morgan fingerprint density at radius 2 is 1.93 bits per heavy atom. The molecule has 1 aromatic rings. The predicted molar refractivity (Wildman–Crippen MR) is 103 cm³/mol. The van der Waals surface area contributed by atoms with Gasteiger partial charge in [-0.05, 0) is 25.4 Å². The highest BCUT2D eigenvalue weighted by Crippen LogP contribution is 2.03. The fourth-order valence-corrected chi connectivity index (χ4v) is 2.72. The van der Waals surface area contributed by atoms with Crippen molar-refractivity contribution >= 4 is 35.5 Å². The van der Waals surface area contributed by atoms with Crippen molar-refractivity contribution in [3.63, 3.8) is 0 Å². The zero-order valence-electron chi connectivity index (χ0n) is 15.7. The molecule has 0 aliphatic heterocycles. The van der Waals surface area contributed by atoms with Gasteiger partial charge in [-0.1, -0.05) is 0 Å². The van der Waals surface area contributed by atoms with Crippen molar-refractivity contribution in [1.29, 1.82) is 0 Å². The number of rotatable bonds is 12. The van der Waals surface area contributed by atoms with E-state index in [-0.39, 0.29) is 13.0 Å². The summed E-state index contributed by atoms with van der Waals surface area (Å²) in [7, 11) is 0. The SMILES string of the molecule is CSCCC(NC(=O)CN)C(=O)NC(C)C(=O)NC(Cc1cnc[nH]1)C(=O)O. The fourth-order valence-electron chi connectivity index (χ4n) is 2.25. The van der Waals surface area contributed by atoms with Crippen LogP contribution in [0.1, 0.15) is 19.0 Å². The van der Waals surface area contributed by atoms with Gasteiger partial charge >= 0.3 is 5.97 Å². The van der Waals surface area contributed by atoms with Crippen LogP contribution in [-0.4, -0.2) is 75.4 Å². The van der Waals surface area contributed by atoms with Gasteiger partial charge in [0, 0.05) is 18.3 Å². The van der Waals surface area contributed by atoms with E-state index >= 15 is 0 Å². The van der Waals surface area contributed by atoms with Crippen LogP contribution in [0.4, 0.5) is 0 Å². The zero-order chi connectivity index (χ0) is 21.1. The van der Waals surface area contributed by atoms with Crippen molar-refractivity contribution in [1.82, 2.24) is 25.9 Å². The molecule has 3 unspecified atom stereocenters. The minimum Gasteiger partial charge on any atom is -0.480 e. The van der Waals surface area contributed by atoms with Crippen LogP contribution < -0.4 is 21.7 Å². The second-order valence-corrected chi connectivity index (χ2v) is 7.00. The maximum atomic E-state index is 12.4. The molecule has 1 aromatic heterocycles. The van der Waals surface area contributed by atoms with E-state index in [1.54, 1.807) is 0 Å². The number of hydrogen-bond acceptors (Lipinski definition) is 7. The van der Waals surface area contributed by atoms with Crippen molar-refractivity contribution < 1.29 is 24.3 Å². The number of carboxylic acids is 1. The van der Waals surface area contributed by atoms with Gasteiger partial charge in [-0.2, -0.15) is 11.8 Å². The molecule has 3 atom stereocenters. The summed E-state index contributed by atoms with van der Waals surface area (Å²) in [6.45, 7) is 1.17. The third-order valence-corrected chi connectivity index (χ3v) is 4.44. The maximum Gasteiger partial charge on any atom is 0.326 e. The van der Waals surface area contributed by atoms with E-state index in [2.05, 4.69) is 25.9 Å². The Labute approximate surface area is 166 Å². The minimum atomic E-state index is -1.21. The highest BCUT2D eigenvalue weighted by molar-refractivity contribution is 7.98. The van der Waals surface area contributed by atoms with E-state index in [1.165, 1.54) is 31.2 Å². The van der Waals surface area contributed by atoms with Gasteiger partial charge in [0.25, 0.3) is 0 Å². The number of nitrogens with one attached hydrogen (secondary N) is 4. The van der Waals surface area contributed by atoms with Gasteiger partial charge < -0.3 is 31.8 Å². The molecule has 1 rings (SSSR count). The summed E-state index contributed by atoms with van der Waals surface area (Å²) in [5.74, 6) is -2.28. The summed E-state index contributed by atoms with van der Waals surface area (Å²) >= 11 is 1.51. The first-order valence-electron chi connectivity index (χ1n) is 8.57. The van der Waals surface area contributed by atoms with Crippen LogP contribution in [0.2, 0.25) is 0 Å². The molecule has 0 bridgehead atoms. The van der Waals surface area contributed by atoms with E-state index in [9.17, 15) is 24.3 Å². The van der Waals surface area contributed by atoms with Crippen LogP contribution >= 0.6 is 11.8 Å². The molecule has 11 nitrogen and oxygen atoms in total. The number of amides is 3. The predicted octanol–water partition coefficient (Wildman–Crippen LogP) is -1.78. The van der Waals surface area contributed by atoms with Gasteiger partial charge in [0.05, 0.1) is 12.9 Å². The van der Waals surface area contributed by atoms with E-state index in [4.69, 9.17) is 5.73 Å². The Kier molecular flexibility index (Phi) is 10.0. The summed E-state index contributed by atoms with van der Waals surface area (Å²) in [5.41, 5.74) is 5.81. The number of carbonyl (C=O) groups is 4. The van der Waals surface area contributed by atoms with Gasteiger partial charge in [-0.15, -0.1) is 0 Å². The van der Waals surface area contributed by atoms with E-state index in [0.29, 0.717) is 17.9 Å². The highest BCUT2D eigenvalue weighted by Gasteiger charge is 2.27. The minimum absolute atomic E-state index is 0.0185. The van der Waals surface area contributed by atoms with Crippen molar-refractivity contribution in [2.24, 2.45) is 5.73 Å². The summed E-state index contributed by atoms with van der Waals surface area (Å²) < 4.78 is 0. The van der Waals surface area contributed by atoms with E-state index < -0.39 is 41.8 Å². The van der Waals surface area contributed by atoms with Gasteiger partial charge in [-0.3, -0.25) is 14.4 Å². The average molecular weight is 414 g/mol. The van der Waals surface area contributed by atoms with E-state index in [0.717, 1.165) is 0 Å². The van der Waals surface area contributed by atoms with Crippen molar-refractivity contribution in [3.8, 4) is 0 Å². The number of H-pyrrole nitrogens is 1. The first-order chi connectivity index (χ1) is 13.3. The Morgan fingerprint density at radius 3 is 2.46 bits per heavy atom. The number of nitrogens with zero attached hydrogens (tertiary/aromatic N) is 1. The van der Waals surface area contributed by atoms with Crippen LogP contribution in [0.3, 0.4) is 0 Å². The monoisotopic (exact) mass is 414 g/mol. The molecule has 0 saturated heterocycles. The number of imidazole rings is 1. The van der Waals surface area contributed by atoms with Gasteiger partial charge in [0.15, 0.2) is 0 Å². The first kappa shape index (κ1) is 23.4. The lowest BCUT2D eigenvalue weighted by atomic mass is 10.1. The van der Waals surface area contributed by atoms with Gasteiger partial charge in [0.2, 0.25) is 17.7 Å². The number of aromatic nitrogens is 2. The molecule has 3 amide bonds. The number of carbonyl (C=O) groups excluding carboxylic acids is 3. The smallest absolute Gasteiger partial charge is 0.326 e. The molecule has 0 radical (unpaired) electrons. The number of thioether (sulfide) groups is 1. The number of aliphatic carboxylic acids is 1. The van der Waals surface area contributed by atoms with Crippen molar-refractivity contribution in [2.75, 3.05) is 18.6 Å². The zero-order valence-corrected chi connectivity index (χ0v) is 16.5. The Bertz CT molecular complexity index is 668. The molecule has 7 N–H and O–H groups in total. The third kappa shape index (κ3) is 7.96. The Morgan fingerprint density at radius 1 is 1.21 bits per heavy atom. The van der Waals surface area contributed by atoms with Crippen LogP contribution in [0, 0.1) is 0 Å². The topological polar surface area (TPSA) is 179 Å². The molecular formula is C16H26N6O5S. The molecule has 0 aliphatic carbocycles. The number of hydrogen-bond donors (Lipinski definition) is 6. The lowest BCUT2D eigenvalue weighted by Crippen LogP contribution is -2.55. The molecule has 0 saturated carbocycles. The summed E-state index contributed by atoms with van der Waals surface area (Å²) in [5, 5.41) is 16.7. The molecular weight excluding hydrogens is 388 g/mol. The molecule has 0 fully saturated rings. The average Bonchev–Trinajstić information content (AvgIpc) is 3.16. The van der Waals surface area contributed by atoms with E-state index in [1.807, 2.05) is 6.26 Å². The first-order valence-corrected chi connectivity index (χ1v) is 9.97. The third-order valence-electron chi connectivity index (χ3n) is 3.79. The van der Waals surface area contributed by atoms with Crippen LogP contribution in [0.5, 0.6) is 0 Å². The molecule has 156 valence electrons. The molecule has 0 aliphatic rings. The summed E-state index contributed by atoms with van der Waals surface area (Å²) in [4.78, 5) is 54.2. The molecule has 0 aromatic carbocycles. The lowest BCUT2D eigenvalue weighted by molar-refractivity contribution is -0.142. The standard InChI is InChI=1S/C16H26N6O5S/c1-9(20-15(25)11(3-4-28-2)21-13(23)6-17)14(24)22-12(16(26)27)5-10-7-18-8-19-10/h7-9,11-12H,3-6,17H2,1-2H3,(H,18,19)(H,20,25)(H,21,23)(H,22,24)(H,26,27). The van der Waals surface area contributed by atoms with Crippen LogP contribution in [0.25, 0.3) is 0 Å². The summed E-state index contributed by atoms with van der Waals surface area (Å²) in [6, 6.07) is -3.02. The quantitative estimate of drug-likeness (QED) is 0.232. The normalized spacial score (nSPS) is 13.8. The molecule has 1 heterocycles. The lowest BCUT2D eigenvalue weighted by Gasteiger charge is -2.22. The largest absolute Gasteiger partial charge is 0.480 e. The molecule has 0 spiro atoms. The van der Waals surface area contributed by atoms with Crippen LogP contribution in [-0.2, 0) is 25.6 Å². The van der Waals surface area contributed by atoms with Crippen molar-refractivity contribution in [2.45, 2.75) is 37.9 Å². The summed E-state index contributed by atoms with van der Waals surface area (Å²) in [6.07, 6.45) is 5.11. The Balaban J connectivity index is 2.67. The second-order valence-electron chi connectivity index (χ2n) is 6.02. The Hall–Kier alpha value is -2.60. The van der Waals surface area contributed by atoms with Crippen molar-refractivity contribution in [3.05, 3.63) is 18.2 Å². The van der Waals surface area contributed by atoms with Gasteiger partial charge in [0.1, 0.15) is 18.1 Å². The number of aromatic amines is 1. The van der Waals surface area contributed by atoms with Crippen LogP contribution in [0.15, 0.2) is 12.5 Å². The highest BCUT2D eigenvalue weighted by atomic mass is 32.2. The number of nitrogens with two attached hydrogens (primary N) is 1. The number of carboxylic acid groups (broad SMARTS) is 1. The fraction of sp³-hybridized carbons (Fsp3) is 0.562. The molecule has 28 heavy (non-hydrogen) atoms. The van der Waals surface area contributed by atoms with Gasteiger partial charge in [-0.25, -0.2) is 9.78 Å². The molecule has 12 heteroatoms. The maximum absolute atomic E-state index is 12.4.